The van der Waals surface area contributed by atoms with Gasteiger partial charge in [-0.25, -0.2) is 23.8 Å². The van der Waals surface area contributed by atoms with Crippen LogP contribution in [-0.2, 0) is 0 Å². The van der Waals surface area contributed by atoms with Crippen molar-refractivity contribution in [2.75, 3.05) is 23.7 Å². The number of rotatable bonds is 6. The Balaban J connectivity index is 1.53. The molecule has 0 aliphatic heterocycles. The van der Waals surface area contributed by atoms with Crippen molar-refractivity contribution >= 4 is 29.1 Å². The van der Waals surface area contributed by atoms with Crippen LogP contribution < -0.4 is 16.0 Å². The van der Waals surface area contributed by atoms with Crippen molar-refractivity contribution in [2.45, 2.75) is 20.8 Å². The molecule has 10 heteroatoms. The highest BCUT2D eigenvalue weighted by Gasteiger charge is 2.09. The zero-order valence-corrected chi connectivity index (χ0v) is 17.0. The molecule has 8 nitrogen and oxygen atoms in total. The maximum atomic E-state index is 13.1. The summed E-state index contributed by atoms with van der Waals surface area (Å²) >= 11 is 5.70. The van der Waals surface area contributed by atoms with Gasteiger partial charge in [0, 0.05) is 30.5 Å². The molecule has 1 aromatic carbocycles. The van der Waals surface area contributed by atoms with Gasteiger partial charge in [0.25, 0.3) is 0 Å². The molecule has 0 spiro atoms. The van der Waals surface area contributed by atoms with Gasteiger partial charge in [0.2, 0.25) is 0 Å². The Morgan fingerprint density at radius 1 is 1.14 bits per heavy atom. The molecule has 0 radical (unpaired) electrons. The topological polar surface area (TPSA) is 96.8 Å². The molecule has 0 aliphatic rings. The van der Waals surface area contributed by atoms with Gasteiger partial charge in [-0.3, -0.25) is 0 Å². The van der Waals surface area contributed by atoms with E-state index >= 15 is 0 Å². The predicted octanol–water partition coefficient (Wildman–Crippen LogP) is 3.61. The molecule has 3 rings (SSSR count). The minimum atomic E-state index is -0.540. The maximum Gasteiger partial charge on any atom is 0.319 e. The Morgan fingerprint density at radius 2 is 1.93 bits per heavy atom. The van der Waals surface area contributed by atoms with Gasteiger partial charge in [0.1, 0.15) is 17.5 Å². The molecule has 2 heterocycles. The van der Waals surface area contributed by atoms with Gasteiger partial charge in [-0.1, -0.05) is 11.6 Å². The number of halogens is 2. The minimum absolute atomic E-state index is 0.0537. The largest absolute Gasteiger partial charge is 0.368 e. The van der Waals surface area contributed by atoms with Crippen molar-refractivity contribution in [3.8, 4) is 5.82 Å². The Morgan fingerprint density at radius 3 is 2.62 bits per heavy atom. The van der Waals surface area contributed by atoms with E-state index in [4.69, 9.17) is 11.6 Å². The summed E-state index contributed by atoms with van der Waals surface area (Å²) in [6.45, 7) is 6.48. The van der Waals surface area contributed by atoms with Crippen LogP contribution in [0.3, 0.4) is 0 Å². The lowest BCUT2D eigenvalue weighted by atomic mass is 10.3. The van der Waals surface area contributed by atoms with E-state index in [9.17, 15) is 9.18 Å². The summed E-state index contributed by atoms with van der Waals surface area (Å²) in [5.74, 6) is 1.37. The fourth-order valence-electron chi connectivity index (χ4n) is 2.73. The molecule has 0 atom stereocenters. The van der Waals surface area contributed by atoms with E-state index in [2.05, 4.69) is 31.0 Å². The van der Waals surface area contributed by atoms with Crippen LogP contribution in [0.25, 0.3) is 5.82 Å². The van der Waals surface area contributed by atoms with E-state index in [1.165, 1.54) is 18.2 Å². The van der Waals surface area contributed by atoms with E-state index in [1.807, 2.05) is 19.9 Å². The molecule has 0 saturated heterocycles. The van der Waals surface area contributed by atoms with Crippen molar-refractivity contribution in [3.05, 3.63) is 58.4 Å². The van der Waals surface area contributed by atoms with Crippen LogP contribution in [0.1, 0.15) is 17.2 Å². The van der Waals surface area contributed by atoms with Gasteiger partial charge >= 0.3 is 6.03 Å². The highest BCUT2D eigenvalue weighted by atomic mass is 35.5. The molecule has 29 heavy (non-hydrogen) atoms. The fourth-order valence-corrected chi connectivity index (χ4v) is 2.91. The number of benzene rings is 1. The summed E-state index contributed by atoms with van der Waals surface area (Å²) in [5, 5.41) is 12.8. The zero-order valence-electron chi connectivity index (χ0n) is 16.3. The second-order valence-electron chi connectivity index (χ2n) is 6.43. The van der Waals surface area contributed by atoms with Crippen LogP contribution in [0.15, 0.2) is 30.3 Å². The van der Waals surface area contributed by atoms with Crippen LogP contribution in [0.2, 0.25) is 5.02 Å². The van der Waals surface area contributed by atoms with Crippen molar-refractivity contribution < 1.29 is 9.18 Å². The van der Waals surface area contributed by atoms with Crippen LogP contribution in [0.5, 0.6) is 0 Å². The monoisotopic (exact) mass is 417 g/mol. The van der Waals surface area contributed by atoms with E-state index in [1.54, 1.807) is 17.7 Å². The number of carbonyl (C=O) groups is 1. The molecule has 0 unspecified atom stereocenters. The van der Waals surface area contributed by atoms with Crippen molar-refractivity contribution in [1.82, 2.24) is 25.1 Å². The zero-order chi connectivity index (χ0) is 21.0. The molecular weight excluding hydrogens is 397 g/mol. The molecule has 3 aromatic rings. The first-order valence-corrected chi connectivity index (χ1v) is 9.33. The second kappa shape index (κ2) is 8.87. The molecular formula is C19H21ClFN7O. The second-order valence-corrected chi connectivity index (χ2v) is 6.84. The van der Waals surface area contributed by atoms with Gasteiger partial charge in [-0.05, 0) is 45.0 Å². The average molecular weight is 418 g/mol. The number of anilines is 2. The number of aryl methyl sites for hydroxylation is 3. The van der Waals surface area contributed by atoms with Gasteiger partial charge in [-0.15, -0.1) is 0 Å². The summed E-state index contributed by atoms with van der Waals surface area (Å²) in [5.41, 5.74) is 2.29. The quantitative estimate of drug-likeness (QED) is 0.532. The number of aromatic nitrogens is 4. The summed E-state index contributed by atoms with van der Waals surface area (Å²) in [7, 11) is 0. The lowest BCUT2D eigenvalue weighted by molar-refractivity contribution is 0.252. The van der Waals surface area contributed by atoms with Crippen molar-refractivity contribution in [3.63, 3.8) is 0 Å². The molecule has 0 fully saturated rings. The van der Waals surface area contributed by atoms with Crippen LogP contribution >= 0.6 is 11.6 Å². The number of nitrogens with one attached hydrogen (secondary N) is 3. The third-order valence-electron chi connectivity index (χ3n) is 3.95. The molecule has 2 amide bonds. The molecule has 152 valence electrons. The fraction of sp³-hybridized carbons (Fsp3) is 0.263. The summed E-state index contributed by atoms with van der Waals surface area (Å²) < 4.78 is 14.9. The molecule has 0 aliphatic carbocycles. The minimum Gasteiger partial charge on any atom is -0.368 e. The SMILES string of the molecule is Cc1cc(C)n(-c2cc(NCCNC(=O)Nc3ccc(F)c(Cl)c3)nc(C)n2)n1. The molecule has 0 bridgehead atoms. The smallest absolute Gasteiger partial charge is 0.319 e. The van der Waals surface area contributed by atoms with E-state index < -0.39 is 11.8 Å². The number of urea groups is 1. The number of hydrogen-bond donors (Lipinski definition) is 3. The predicted molar refractivity (Wildman–Crippen MR) is 110 cm³/mol. The Kier molecular flexibility index (Phi) is 6.28. The Labute approximate surface area is 172 Å². The van der Waals surface area contributed by atoms with E-state index in [0.29, 0.717) is 36.2 Å². The summed E-state index contributed by atoms with van der Waals surface area (Å²) in [6.07, 6.45) is 0. The first-order chi connectivity index (χ1) is 13.8. The Hall–Kier alpha value is -3.20. The normalized spacial score (nSPS) is 10.7. The van der Waals surface area contributed by atoms with Crippen LogP contribution in [-0.4, -0.2) is 38.9 Å². The third-order valence-corrected chi connectivity index (χ3v) is 4.23. The van der Waals surface area contributed by atoms with Crippen LogP contribution in [0.4, 0.5) is 20.7 Å². The first-order valence-electron chi connectivity index (χ1n) is 8.95. The Bertz CT molecular complexity index is 1040. The standard InChI is InChI=1S/C19H21ClFN7O/c1-11-8-12(2)28(27-11)18-10-17(24-13(3)25-18)22-6-7-23-19(29)26-14-4-5-16(21)15(20)9-14/h4-5,8-10H,6-7H2,1-3H3,(H,22,24,25)(H2,23,26,29). The van der Waals surface area contributed by atoms with Crippen molar-refractivity contribution in [1.29, 1.82) is 0 Å². The van der Waals surface area contributed by atoms with Gasteiger partial charge in [0.05, 0.1) is 10.7 Å². The average Bonchev–Trinajstić information content (AvgIpc) is 3.00. The highest BCUT2D eigenvalue weighted by molar-refractivity contribution is 6.31. The van der Waals surface area contributed by atoms with Gasteiger partial charge < -0.3 is 16.0 Å². The van der Waals surface area contributed by atoms with E-state index in [-0.39, 0.29) is 5.02 Å². The van der Waals surface area contributed by atoms with Gasteiger partial charge in [0.15, 0.2) is 5.82 Å². The summed E-state index contributed by atoms with van der Waals surface area (Å²) in [4.78, 5) is 20.7. The number of nitrogens with zero attached hydrogens (tertiary/aromatic N) is 4. The number of amides is 2. The van der Waals surface area contributed by atoms with Crippen LogP contribution in [0, 0.1) is 26.6 Å². The molecule has 0 saturated carbocycles. The first kappa shape index (κ1) is 20.5. The lowest BCUT2D eigenvalue weighted by Crippen LogP contribution is -2.32. The lowest BCUT2D eigenvalue weighted by Gasteiger charge is -2.11. The third kappa shape index (κ3) is 5.41. The number of hydrogen-bond acceptors (Lipinski definition) is 5. The molecule has 3 N–H and O–H groups in total. The van der Waals surface area contributed by atoms with E-state index in [0.717, 1.165) is 11.4 Å². The maximum absolute atomic E-state index is 13.1. The summed E-state index contributed by atoms with van der Waals surface area (Å²) in [6, 6.07) is 7.32. The number of carbonyl (C=O) groups excluding carboxylic acids is 1. The highest BCUT2D eigenvalue weighted by Crippen LogP contribution is 2.19. The van der Waals surface area contributed by atoms with Crippen molar-refractivity contribution in [2.24, 2.45) is 0 Å². The molecule has 2 aromatic heterocycles. The van der Waals surface area contributed by atoms with Gasteiger partial charge in [-0.2, -0.15) is 5.10 Å².